The molecule has 4 atom stereocenters. The van der Waals surface area contributed by atoms with Crippen LogP contribution in [0.25, 0.3) is 0 Å². The van der Waals surface area contributed by atoms with E-state index in [1.165, 1.54) is 134 Å². The summed E-state index contributed by atoms with van der Waals surface area (Å²) in [5.41, 5.74) is 0. The first-order valence-electron chi connectivity index (χ1n) is 26.5. The van der Waals surface area contributed by atoms with Crippen molar-refractivity contribution in [3.05, 3.63) is 60.8 Å². The maximum Gasteiger partial charge on any atom is 0.367 e. The lowest BCUT2D eigenvalue weighted by molar-refractivity contribution is -0.151. The van der Waals surface area contributed by atoms with Crippen molar-refractivity contribution in [1.29, 1.82) is 0 Å². The van der Waals surface area contributed by atoms with Crippen LogP contribution >= 0.6 is 11.8 Å². The Bertz CT molecular complexity index is 1210. The van der Waals surface area contributed by atoms with Crippen molar-refractivity contribution >= 4 is 23.0 Å². The van der Waals surface area contributed by atoms with Gasteiger partial charge in [0.25, 0.3) is 0 Å². The Labute approximate surface area is 399 Å². The Morgan fingerprint density at radius 3 is 1.69 bits per heavy atom. The van der Waals surface area contributed by atoms with Crippen LogP contribution in [0, 0.1) is 11.8 Å². The number of unbranched alkanes of at least 4 members (excludes halogenated alkanes) is 18. The van der Waals surface area contributed by atoms with Crippen molar-refractivity contribution in [2.75, 3.05) is 52.8 Å². The second-order valence-electron chi connectivity index (χ2n) is 18.3. The summed E-state index contributed by atoms with van der Waals surface area (Å²) < 4.78 is 24.3. The molecule has 0 amide bonds. The van der Waals surface area contributed by atoms with Gasteiger partial charge in [-0.2, -0.15) is 0 Å². The second-order valence-corrected chi connectivity index (χ2v) is 19.3. The van der Waals surface area contributed by atoms with Gasteiger partial charge in [0.1, 0.15) is 18.8 Å². The Kier molecular flexibility index (Phi) is 43.0. The second kappa shape index (κ2) is 46.0. The SMILES string of the molecule is CC/C=C\CC1C(CC(=O)OCC(COCCCCCCCC/C=C\C/C=C\CCCCC)OCCCCCCCC/C=C\C/C=C\CCCCC)CCC1OC(=O)SCCN(C)C. The van der Waals surface area contributed by atoms with E-state index in [0.29, 0.717) is 32.0 Å². The van der Waals surface area contributed by atoms with Gasteiger partial charge in [0.2, 0.25) is 0 Å². The lowest BCUT2D eigenvalue weighted by atomic mass is 9.89. The molecule has 0 heterocycles. The Balaban J connectivity index is 2.48. The van der Waals surface area contributed by atoms with Crippen molar-refractivity contribution in [2.45, 2.75) is 219 Å². The molecular weight excluding hydrogens is 815 g/mol. The molecule has 7 nitrogen and oxygen atoms in total. The summed E-state index contributed by atoms with van der Waals surface area (Å²) in [5, 5.41) is -0.213. The standard InChI is InChI=1S/C56H99NO6S/c1-6-9-12-14-16-18-20-22-24-26-28-30-32-34-36-39-45-60-49-52(61-46-40-37-35-33-31-29-27-25-23-21-19-17-15-13-10-7-2)50-62-55(58)48-51-42-43-54(53(51)41-38-11-8-3)63-56(59)64-47-44-57(4)5/h11,16-19,22-25,38,51-54H,6-10,12-15,20-21,26-37,39-50H2,1-5H3/b18-16-,19-17-,24-22-,25-23-,38-11-. The third kappa shape index (κ3) is 38.0. The van der Waals surface area contributed by atoms with Gasteiger partial charge in [0.15, 0.2) is 0 Å². The molecule has 370 valence electrons. The van der Waals surface area contributed by atoms with Crippen LogP contribution in [0.3, 0.4) is 0 Å². The van der Waals surface area contributed by atoms with E-state index in [1.807, 2.05) is 14.1 Å². The van der Waals surface area contributed by atoms with Crippen molar-refractivity contribution < 1.29 is 28.5 Å². The summed E-state index contributed by atoms with van der Waals surface area (Å²) in [5.74, 6) is 0.737. The van der Waals surface area contributed by atoms with Crippen molar-refractivity contribution in [1.82, 2.24) is 4.90 Å². The van der Waals surface area contributed by atoms with Gasteiger partial charge in [-0.15, -0.1) is 0 Å². The maximum atomic E-state index is 13.3. The molecule has 64 heavy (non-hydrogen) atoms. The molecule has 1 aliphatic rings. The molecule has 0 bridgehead atoms. The van der Waals surface area contributed by atoms with Crippen LogP contribution in [-0.2, 0) is 23.7 Å². The minimum atomic E-state index is -0.272. The molecule has 0 aliphatic heterocycles. The van der Waals surface area contributed by atoms with Gasteiger partial charge in [0.05, 0.1) is 6.61 Å². The number of allylic oxidation sites excluding steroid dienone is 10. The first-order valence-corrected chi connectivity index (χ1v) is 27.5. The van der Waals surface area contributed by atoms with E-state index in [4.69, 9.17) is 18.9 Å². The summed E-state index contributed by atoms with van der Waals surface area (Å²) in [6.07, 6.45) is 55.4. The van der Waals surface area contributed by atoms with Gasteiger partial charge in [-0.1, -0.05) is 159 Å². The number of thioether (sulfide) groups is 1. The molecule has 4 unspecified atom stereocenters. The lowest BCUT2D eigenvalue weighted by Crippen LogP contribution is -2.29. The molecule has 0 N–H and O–H groups in total. The fourth-order valence-corrected chi connectivity index (χ4v) is 8.91. The Hall–Kier alpha value is -2.13. The summed E-state index contributed by atoms with van der Waals surface area (Å²) >= 11 is 1.24. The largest absolute Gasteiger partial charge is 0.463 e. The van der Waals surface area contributed by atoms with E-state index in [0.717, 1.165) is 64.3 Å². The number of nitrogens with zero attached hydrogens (tertiary/aromatic N) is 1. The predicted molar refractivity (Wildman–Crippen MR) is 276 cm³/mol. The highest BCUT2D eigenvalue weighted by molar-refractivity contribution is 8.13. The molecule has 0 aromatic heterocycles. The smallest absolute Gasteiger partial charge is 0.367 e. The molecule has 1 aliphatic carbocycles. The third-order valence-corrected chi connectivity index (χ3v) is 12.8. The monoisotopic (exact) mass is 914 g/mol. The van der Waals surface area contributed by atoms with Gasteiger partial charge < -0.3 is 23.8 Å². The first-order chi connectivity index (χ1) is 31.4. The number of esters is 1. The molecule has 0 radical (unpaired) electrons. The normalized spacial score (nSPS) is 17.4. The van der Waals surface area contributed by atoms with Crippen LogP contribution in [0.1, 0.15) is 207 Å². The Morgan fingerprint density at radius 1 is 0.609 bits per heavy atom. The zero-order valence-electron chi connectivity index (χ0n) is 42.1. The van der Waals surface area contributed by atoms with Crippen LogP contribution in [0.4, 0.5) is 4.79 Å². The third-order valence-electron chi connectivity index (χ3n) is 12.1. The van der Waals surface area contributed by atoms with E-state index in [1.54, 1.807) is 0 Å². The van der Waals surface area contributed by atoms with E-state index in [2.05, 4.69) is 86.4 Å². The summed E-state index contributed by atoms with van der Waals surface area (Å²) in [6, 6.07) is 0. The zero-order chi connectivity index (χ0) is 46.4. The van der Waals surface area contributed by atoms with Crippen molar-refractivity contribution in [2.24, 2.45) is 11.8 Å². The number of rotatable bonds is 44. The maximum absolute atomic E-state index is 13.3. The van der Waals surface area contributed by atoms with E-state index >= 15 is 0 Å². The fourth-order valence-electron chi connectivity index (χ4n) is 8.09. The molecule has 0 spiro atoms. The minimum Gasteiger partial charge on any atom is -0.463 e. The van der Waals surface area contributed by atoms with Crippen LogP contribution in [0.2, 0.25) is 0 Å². The van der Waals surface area contributed by atoms with Crippen molar-refractivity contribution in [3.63, 3.8) is 0 Å². The first kappa shape index (κ1) is 59.9. The number of ether oxygens (including phenoxy) is 4. The highest BCUT2D eigenvalue weighted by Crippen LogP contribution is 2.40. The molecule has 0 saturated heterocycles. The van der Waals surface area contributed by atoms with Crippen LogP contribution in [-0.4, -0.2) is 81.2 Å². The highest BCUT2D eigenvalue weighted by atomic mass is 32.2. The average molecular weight is 914 g/mol. The van der Waals surface area contributed by atoms with E-state index < -0.39 is 0 Å². The van der Waals surface area contributed by atoms with Crippen LogP contribution in [0.5, 0.6) is 0 Å². The lowest BCUT2D eigenvalue weighted by Gasteiger charge is -2.24. The molecular formula is C56H99NO6S. The number of hydrogen-bond donors (Lipinski definition) is 0. The minimum absolute atomic E-state index is 0.113. The van der Waals surface area contributed by atoms with Crippen molar-refractivity contribution in [3.8, 4) is 0 Å². The summed E-state index contributed by atoms with van der Waals surface area (Å²) in [6.45, 7) is 9.45. The fraction of sp³-hybridized carbons (Fsp3) is 0.786. The topological polar surface area (TPSA) is 74.3 Å². The van der Waals surface area contributed by atoms with Crippen LogP contribution < -0.4 is 0 Å². The molecule has 0 aromatic carbocycles. The number of carbonyl (C=O) groups is 2. The number of hydrogen-bond acceptors (Lipinski definition) is 8. The average Bonchev–Trinajstić information content (AvgIpc) is 3.64. The molecule has 8 heteroatoms. The summed E-state index contributed by atoms with van der Waals surface area (Å²) in [7, 11) is 4.01. The highest BCUT2D eigenvalue weighted by Gasteiger charge is 2.39. The summed E-state index contributed by atoms with van der Waals surface area (Å²) in [4.78, 5) is 28.1. The van der Waals surface area contributed by atoms with Gasteiger partial charge in [-0.3, -0.25) is 4.79 Å². The van der Waals surface area contributed by atoms with E-state index in [-0.39, 0.29) is 41.9 Å². The molecule has 0 aromatic rings. The van der Waals surface area contributed by atoms with Gasteiger partial charge in [-0.05, 0) is 135 Å². The quantitative estimate of drug-likeness (QED) is 0.0340. The van der Waals surface area contributed by atoms with E-state index in [9.17, 15) is 9.59 Å². The number of carbonyl (C=O) groups excluding carboxylic acids is 2. The zero-order valence-corrected chi connectivity index (χ0v) is 43.0. The van der Waals surface area contributed by atoms with Crippen LogP contribution in [0.15, 0.2) is 60.8 Å². The van der Waals surface area contributed by atoms with Gasteiger partial charge in [-0.25, -0.2) is 4.79 Å². The molecule has 1 saturated carbocycles. The molecule has 1 rings (SSSR count). The van der Waals surface area contributed by atoms with Gasteiger partial charge in [0, 0.05) is 37.9 Å². The predicted octanol–water partition coefficient (Wildman–Crippen LogP) is 16.1. The Morgan fingerprint density at radius 2 is 1.14 bits per heavy atom. The molecule has 1 fully saturated rings. The van der Waals surface area contributed by atoms with Gasteiger partial charge >= 0.3 is 11.3 Å².